The van der Waals surface area contributed by atoms with E-state index < -0.39 is 0 Å². The standard InChI is InChI=1S/C12H7N5OS/c1-7-14-4-2-9(15-7)11-16-12(18-17-11)10-8(6-13)3-5-19-10/h2-5H,1H3. The summed E-state index contributed by atoms with van der Waals surface area (Å²) in [5.74, 6) is 1.35. The molecule has 3 aromatic rings. The Morgan fingerprint density at radius 1 is 1.32 bits per heavy atom. The lowest BCUT2D eigenvalue weighted by Gasteiger charge is -1.93. The molecule has 3 heterocycles. The first-order valence-corrected chi connectivity index (χ1v) is 6.27. The molecule has 7 heteroatoms. The highest BCUT2D eigenvalue weighted by molar-refractivity contribution is 7.13. The van der Waals surface area contributed by atoms with Crippen LogP contribution in [-0.2, 0) is 0 Å². The van der Waals surface area contributed by atoms with Crippen molar-refractivity contribution >= 4 is 11.3 Å². The van der Waals surface area contributed by atoms with E-state index in [-0.39, 0.29) is 0 Å². The number of thiophene rings is 1. The van der Waals surface area contributed by atoms with Crippen LogP contribution in [0, 0.1) is 18.3 Å². The summed E-state index contributed by atoms with van der Waals surface area (Å²) in [6.45, 7) is 1.79. The minimum absolute atomic E-state index is 0.331. The van der Waals surface area contributed by atoms with Gasteiger partial charge in [0, 0.05) is 6.20 Å². The molecule has 3 rings (SSSR count). The molecule has 0 aliphatic carbocycles. The number of hydrogen-bond acceptors (Lipinski definition) is 7. The first-order valence-electron chi connectivity index (χ1n) is 5.39. The fourth-order valence-electron chi connectivity index (χ4n) is 1.56. The fraction of sp³-hybridized carbons (Fsp3) is 0.0833. The zero-order chi connectivity index (χ0) is 13.2. The lowest BCUT2D eigenvalue weighted by atomic mass is 10.3. The number of nitrogens with zero attached hydrogens (tertiary/aromatic N) is 5. The molecule has 92 valence electrons. The molecule has 0 aromatic carbocycles. The Bertz CT molecular complexity index is 770. The highest BCUT2D eigenvalue weighted by Crippen LogP contribution is 2.28. The van der Waals surface area contributed by atoms with E-state index >= 15 is 0 Å². The van der Waals surface area contributed by atoms with Gasteiger partial charge in [0.25, 0.3) is 5.89 Å². The molecule has 0 N–H and O–H groups in total. The van der Waals surface area contributed by atoms with Gasteiger partial charge in [-0.15, -0.1) is 11.3 Å². The maximum absolute atomic E-state index is 8.98. The van der Waals surface area contributed by atoms with Crippen molar-refractivity contribution in [1.82, 2.24) is 20.1 Å². The molecule has 0 atom stereocenters. The Morgan fingerprint density at radius 3 is 3.00 bits per heavy atom. The van der Waals surface area contributed by atoms with Gasteiger partial charge in [0.05, 0.1) is 5.56 Å². The van der Waals surface area contributed by atoms with Crippen molar-refractivity contribution in [2.24, 2.45) is 0 Å². The van der Waals surface area contributed by atoms with Crippen molar-refractivity contribution in [1.29, 1.82) is 5.26 Å². The van der Waals surface area contributed by atoms with Gasteiger partial charge < -0.3 is 4.52 Å². The molecule has 3 aromatic heterocycles. The predicted molar refractivity (Wildman–Crippen MR) is 68.1 cm³/mol. The van der Waals surface area contributed by atoms with Crippen LogP contribution < -0.4 is 0 Å². The summed E-state index contributed by atoms with van der Waals surface area (Å²) in [6.07, 6.45) is 1.64. The van der Waals surface area contributed by atoms with Gasteiger partial charge in [-0.1, -0.05) is 5.16 Å². The van der Waals surface area contributed by atoms with Crippen molar-refractivity contribution in [2.75, 3.05) is 0 Å². The minimum Gasteiger partial charge on any atom is -0.333 e. The molecule has 0 saturated heterocycles. The van der Waals surface area contributed by atoms with Crippen molar-refractivity contribution in [3.05, 3.63) is 35.1 Å². The number of aromatic nitrogens is 4. The molecule has 0 bridgehead atoms. The van der Waals surface area contributed by atoms with E-state index in [1.807, 2.05) is 5.38 Å². The van der Waals surface area contributed by atoms with E-state index in [0.29, 0.717) is 33.7 Å². The average Bonchev–Trinajstić information content (AvgIpc) is 3.07. The smallest absolute Gasteiger partial charge is 0.269 e. The Balaban J connectivity index is 2.03. The number of aryl methyl sites for hydroxylation is 1. The molecule has 0 fully saturated rings. The molecule has 6 nitrogen and oxygen atoms in total. The maximum atomic E-state index is 8.98. The Morgan fingerprint density at radius 2 is 2.21 bits per heavy atom. The third kappa shape index (κ3) is 2.09. The molecule has 0 amide bonds. The average molecular weight is 269 g/mol. The third-order valence-electron chi connectivity index (χ3n) is 2.41. The van der Waals surface area contributed by atoms with Crippen LogP contribution in [0.3, 0.4) is 0 Å². The Labute approximate surface area is 112 Å². The molecular formula is C12H7N5OS. The van der Waals surface area contributed by atoms with Gasteiger partial charge in [-0.3, -0.25) is 0 Å². The van der Waals surface area contributed by atoms with Gasteiger partial charge in [-0.05, 0) is 24.4 Å². The lowest BCUT2D eigenvalue weighted by Crippen LogP contribution is -1.91. The van der Waals surface area contributed by atoms with Gasteiger partial charge in [0.1, 0.15) is 22.5 Å². The molecule has 0 aliphatic rings. The van der Waals surface area contributed by atoms with Gasteiger partial charge in [0.15, 0.2) is 0 Å². The first-order chi connectivity index (χ1) is 9.28. The normalized spacial score (nSPS) is 10.3. The van der Waals surface area contributed by atoms with Crippen molar-refractivity contribution in [3.63, 3.8) is 0 Å². The van der Waals surface area contributed by atoms with Crippen LogP contribution in [0.4, 0.5) is 0 Å². The molecule has 0 radical (unpaired) electrons. The van der Waals surface area contributed by atoms with E-state index in [0.717, 1.165) is 0 Å². The van der Waals surface area contributed by atoms with Gasteiger partial charge in [-0.2, -0.15) is 10.2 Å². The van der Waals surface area contributed by atoms with E-state index in [4.69, 9.17) is 9.78 Å². The van der Waals surface area contributed by atoms with Crippen LogP contribution in [0.15, 0.2) is 28.2 Å². The number of hydrogen-bond donors (Lipinski definition) is 0. The largest absolute Gasteiger partial charge is 0.333 e. The predicted octanol–water partition coefficient (Wildman–Crippen LogP) is 2.44. The maximum Gasteiger partial charge on any atom is 0.269 e. The van der Waals surface area contributed by atoms with E-state index in [1.54, 1.807) is 25.3 Å². The molecule has 0 saturated carbocycles. The quantitative estimate of drug-likeness (QED) is 0.709. The van der Waals surface area contributed by atoms with Crippen LogP contribution in [0.1, 0.15) is 11.4 Å². The van der Waals surface area contributed by atoms with Crippen LogP contribution in [-0.4, -0.2) is 20.1 Å². The summed E-state index contributed by atoms with van der Waals surface area (Å²) in [4.78, 5) is 13.2. The summed E-state index contributed by atoms with van der Waals surface area (Å²) in [5, 5.41) is 14.7. The van der Waals surface area contributed by atoms with Crippen LogP contribution in [0.25, 0.3) is 22.3 Å². The van der Waals surface area contributed by atoms with Crippen LogP contribution >= 0.6 is 11.3 Å². The Hall–Kier alpha value is -2.59. The SMILES string of the molecule is Cc1nccc(-c2noc(-c3sccc3C#N)n2)n1. The molecule has 0 spiro atoms. The zero-order valence-corrected chi connectivity index (χ0v) is 10.7. The van der Waals surface area contributed by atoms with Gasteiger partial charge in [0.2, 0.25) is 5.82 Å². The lowest BCUT2D eigenvalue weighted by molar-refractivity contribution is 0.433. The summed E-state index contributed by atoms with van der Waals surface area (Å²) in [7, 11) is 0. The van der Waals surface area contributed by atoms with E-state index in [1.165, 1.54) is 11.3 Å². The second kappa shape index (κ2) is 4.59. The first kappa shape index (κ1) is 11.5. The third-order valence-corrected chi connectivity index (χ3v) is 3.31. The van der Waals surface area contributed by atoms with Crippen molar-refractivity contribution < 1.29 is 4.52 Å². The summed E-state index contributed by atoms with van der Waals surface area (Å²) in [6, 6.07) is 5.52. The summed E-state index contributed by atoms with van der Waals surface area (Å²) in [5.41, 5.74) is 1.12. The van der Waals surface area contributed by atoms with Crippen molar-refractivity contribution in [3.8, 4) is 28.4 Å². The van der Waals surface area contributed by atoms with Crippen molar-refractivity contribution in [2.45, 2.75) is 6.92 Å². The summed E-state index contributed by atoms with van der Waals surface area (Å²) < 4.78 is 5.18. The summed E-state index contributed by atoms with van der Waals surface area (Å²) >= 11 is 1.39. The van der Waals surface area contributed by atoms with Gasteiger partial charge >= 0.3 is 0 Å². The minimum atomic E-state index is 0.331. The highest BCUT2D eigenvalue weighted by atomic mass is 32.1. The van der Waals surface area contributed by atoms with E-state index in [9.17, 15) is 0 Å². The second-order valence-corrected chi connectivity index (χ2v) is 4.60. The molecule has 0 aliphatic heterocycles. The Kier molecular flexibility index (Phi) is 2.78. The zero-order valence-electron chi connectivity index (χ0n) is 9.86. The van der Waals surface area contributed by atoms with Crippen LogP contribution in [0.5, 0.6) is 0 Å². The number of nitriles is 1. The molecular weight excluding hydrogens is 262 g/mol. The fourth-order valence-corrected chi connectivity index (χ4v) is 2.33. The monoisotopic (exact) mass is 269 g/mol. The van der Waals surface area contributed by atoms with Crippen LogP contribution in [0.2, 0.25) is 0 Å². The second-order valence-electron chi connectivity index (χ2n) is 3.69. The van der Waals surface area contributed by atoms with Gasteiger partial charge in [-0.25, -0.2) is 9.97 Å². The highest BCUT2D eigenvalue weighted by Gasteiger charge is 2.16. The number of rotatable bonds is 2. The molecule has 19 heavy (non-hydrogen) atoms. The van der Waals surface area contributed by atoms with E-state index in [2.05, 4.69) is 26.2 Å². The topological polar surface area (TPSA) is 88.5 Å². The molecule has 0 unspecified atom stereocenters.